The second-order valence-electron chi connectivity index (χ2n) is 5.38. The summed E-state index contributed by atoms with van der Waals surface area (Å²) in [4.78, 5) is 0. The van der Waals surface area contributed by atoms with Gasteiger partial charge in [0.2, 0.25) is 0 Å². The van der Waals surface area contributed by atoms with Gasteiger partial charge in [-0.05, 0) is 52.2 Å². The van der Waals surface area contributed by atoms with Crippen LogP contribution in [-0.2, 0) is 0 Å². The van der Waals surface area contributed by atoms with Gasteiger partial charge in [0, 0.05) is 17.6 Å². The molecule has 1 aromatic carbocycles. The maximum absolute atomic E-state index is 10.1. The van der Waals surface area contributed by atoms with Crippen molar-refractivity contribution >= 4 is 6.21 Å². The number of hydrogen-bond acceptors (Lipinski definition) is 4. The van der Waals surface area contributed by atoms with Gasteiger partial charge in [0.1, 0.15) is 0 Å². The standard InChI is InChI=1S/C16H24N2O2/c1-4-20-15-10-6-9-14(16(15)19)11-17-18-12(2)7-5-8-13(18)3/h6,9-13,19H,4-5,7-8H2,1-3H3/b17-11+/t12-,13+. The lowest BCUT2D eigenvalue weighted by Gasteiger charge is -2.36. The second-order valence-corrected chi connectivity index (χ2v) is 5.38. The topological polar surface area (TPSA) is 45.1 Å². The molecule has 1 aromatic rings. The van der Waals surface area contributed by atoms with Gasteiger partial charge in [-0.25, -0.2) is 0 Å². The first-order valence-electron chi connectivity index (χ1n) is 7.40. The Morgan fingerprint density at radius 3 is 2.70 bits per heavy atom. The number of hydrazone groups is 1. The first-order valence-corrected chi connectivity index (χ1v) is 7.40. The SMILES string of the molecule is CCOc1cccc(/C=N/N2[C@H](C)CCC[C@@H]2C)c1O. The number of phenols is 1. The van der Waals surface area contributed by atoms with Crippen LogP contribution in [0.3, 0.4) is 0 Å². The lowest BCUT2D eigenvalue weighted by atomic mass is 10.00. The number of benzene rings is 1. The van der Waals surface area contributed by atoms with Gasteiger partial charge in [0.15, 0.2) is 11.5 Å². The Balaban J connectivity index is 2.16. The van der Waals surface area contributed by atoms with Crippen molar-refractivity contribution < 1.29 is 9.84 Å². The molecule has 1 fully saturated rings. The Hall–Kier alpha value is -1.71. The Morgan fingerprint density at radius 1 is 1.35 bits per heavy atom. The van der Waals surface area contributed by atoms with E-state index in [4.69, 9.17) is 4.74 Å². The third-order valence-electron chi connectivity index (χ3n) is 3.81. The minimum absolute atomic E-state index is 0.162. The molecule has 2 atom stereocenters. The quantitative estimate of drug-likeness (QED) is 0.857. The molecule has 4 nitrogen and oxygen atoms in total. The number of ether oxygens (including phenoxy) is 1. The monoisotopic (exact) mass is 276 g/mol. The number of hydrogen-bond donors (Lipinski definition) is 1. The van der Waals surface area contributed by atoms with Crippen LogP contribution in [0.1, 0.15) is 45.6 Å². The molecule has 0 spiro atoms. The van der Waals surface area contributed by atoms with Crippen LogP contribution in [0.4, 0.5) is 0 Å². The van der Waals surface area contributed by atoms with Crippen molar-refractivity contribution in [2.75, 3.05) is 6.61 Å². The number of nitrogens with zero attached hydrogens (tertiary/aromatic N) is 2. The van der Waals surface area contributed by atoms with Gasteiger partial charge in [-0.2, -0.15) is 5.10 Å². The molecule has 0 saturated carbocycles. The molecule has 2 rings (SSSR count). The van der Waals surface area contributed by atoms with Gasteiger partial charge in [0.05, 0.1) is 12.8 Å². The average Bonchev–Trinajstić information content (AvgIpc) is 2.42. The molecule has 1 heterocycles. The van der Waals surface area contributed by atoms with Crippen LogP contribution in [0.15, 0.2) is 23.3 Å². The minimum atomic E-state index is 0.162. The summed E-state index contributed by atoms with van der Waals surface area (Å²) < 4.78 is 5.39. The van der Waals surface area contributed by atoms with E-state index >= 15 is 0 Å². The zero-order valence-electron chi connectivity index (χ0n) is 12.5. The number of aromatic hydroxyl groups is 1. The predicted octanol–water partition coefficient (Wildman–Crippen LogP) is 3.39. The second kappa shape index (κ2) is 6.64. The van der Waals surface area contributed by atoms with Crippen molar-refractivity contribution in [3.63, 3.8) is 0 Å². The number of rotatable bonds is 4. The first-order chi connectivity index (χ1) is 9.63. The van der Waals surface area contributed by atoms with E-state index in [-0.39, 0.29) is 5.75 Å². The van der Waals surface area contributed by atoms with Crippen LogP contribution in [0.5, 0.6) is 11.5 Å². The first kappa shape index (κ1) is 14.7. The van der Waals surface area contributed by atoms with Gasteiger partial charge >= 0.3 is 0 Å². The minimum Gasteiger partial charge on any atom is -0.504 e. The molecule has 1 saturated heterocycles. The predicted molar refractivity (Wildman–Crippen MR) is 81.5 cm³/mol. The molecular weight excluding hydrogens is 252 g/mol. The van der Waals surface area contributed by atoms with Crippen molar-refractivity contribution in [1.29, 1.82) is 0 Å². The maximum Gasteiger partial charge on any atom is 0.166 e. The smallest absolute Gasteiger partial charge is 0.166 e. The van der Waals surface area contributed by atoms with Gasteiger partial charge in [0.25, 0.3) is 0 Å². The summed E-state index contributed by atoms with van der Waals surface area (Å²) in [6, 6.07) is 6.39. The van der Waals surface area contributed by atoms with E-state index in [0.29, 0.717) is 30.0 Å². The molecule has 0 amide bonds. The maximum atomic E-state index is 10.1. The van der Waals surface area contributed by atoms with E-state index < -0.39 is 0 Å². The molecule has 0 bridgehead atoms. The highest BCUT2D eigenvalue weighted by Crippen LogP contribution is 2.29. The van der Waals surface area contributed by atoms with Crippen LogP contribution in [0.25, 0.3) is 0 Å². The Morgan fingerprint density at radius 2 is 2.05 bits per heavy atom. The highest BCUT2D eigenvalue weighted by atomic mass is 16.5. The van der Waals surface area contributed by atoms with E-state index in [2.05, 4.69) is 24.0 Å². The molecule has 4 heteroatoms. The van der Waals surface area contributed by atoms with Gasteiger partial charge in [-0.1, -0.05) is 6.07 Å². The number of phenolic OH excluding ortho intramolecular Hbond substituents is 1. The summed E-state index contributed by atoms with van der Waals surface area (Å²) in [6.07, 6.45) is 5.34. The van der Waals surface area contributed by atoms with E-state index in [1.165, 1.54) is 19.3 Å². The zero-order chi connectivity index (χ0) is 14.5. The normalized spacial score (nSPS) is 23.2. The summed E-state index contributed by atoms with van der Waals surface area (Å²) in [6.45, 7) is 6.83. The summed E-state index contributed by atoms with van der Waals surface area (Å²) >= 11 is 0. The van der Waals surface area contributed by atoms with E-state index in [1.807, 2.05) is 19.1 Å². The lowest BCUT2D eigenvalue weighted by molar-refractivity contribution is 0.109. The summed E-state index contributed by atoms with van der Waals surface area (Å²) in [7, 11) is 0. The molecule has 1 aliphatic rings. The van der Waals surface area contributed by atoms with E-state index in [0.717, 1.165) is 0 Å². The fraction of sp³-hybridized carbons (Fsp3) is 0.562. The number of para-hydroxylation sites is 1. The van der Waals surface area contributed by atoms with Crippen LogP contribution in [-0.4, -0.2) is 35.0 Å². The molecule has 20 heavy (non-hydrogen) atoms. The largest absolute Gasteiger partial charge is 0.504 e. The van der Waals surface area contributed by atoms with Crippen LogP contribution >= 0.6 is 0 Å². The van der Waals surface area contributed by atoms with Crippen molar-refractivity contribution in [1.82, 2.24) is 5.01 Å². The summed E-state index contributed by atoms with van der Waals surface area (Å²) in [5.41, 5.74) is 0.695. The molecule has 0 unspecified atom stereocenters. The third kappa shape index (κ3) is 3.24. The summed E-state index contributed by atoms with van der Waals surface area (Å²) in [5.74, 6) is 0.673. The Kier molecular flexibility index (Phi) is 4.88. The van der Waals surface area contributed by atoms with Crippen LogP contribution in [0.2, 0.25) is 0 Å². The van der Waals surface area contributed by atoms with Crippen molar-refractivity contribution in [3.8, 4) is 11.5 Å². The Labute approximate surface area is 121 Å². The van der Waals surface area contributed by atoms with Crippen molar-refractivity contribution in [3.05, 3.63) is 23.8 Å². The third-order valence-corrected chi connectivity index (χ3v) is 3.81. The Bertz CT molecular complexity index is 464. The lowest BCUT2D eigenvalue weighted by Crippen LogP contribution is -2.39. The highest BCUT2D eigenvalue weighted by molar-refractivity contribution is 5.84. The molecule has 1 aliphatic heterocycles. The van der Waals surface area contributed by atoms with E-state index in [9.17, 15) is 5.11 Å². The van der Waals surface area contributed by atoms with Gasteiger partial charge in [-0.15, -0.1) is 0 Å². The molecular formula is C16H24N2O2. The molecule has 0 aromatic heterocycles. The molecule has 0 radical (unpaired) electrons. The molecule has 1 N–H and O–H groups in total. The van der Waals surface area contributed by atoms with Crippen LogP contribution < -0.4 is 4.74 Å². The number of piperidine rings is 1. The summed E-state index contributed by atoms with van der Waals surface area (Å²) in [5, 5.41) is 16.9. The fourth-order valence-electron chi connectivity index (χ4n) is 2.68. The fourth-order valence-corrected chi connectivity index (χ4v) is 2.68. The van der Waals surface area contributed by atoms with Gasteiger partial charge < -0.3 is 9.84 Å². The molecule has 0 aliphatic carbocycles. The average molecular weight is 276 g/mol. The zero-order valence-corrected chi connectivity index (χ0v) is 12.5. The molecule has 110 valence electrons. The van der Waals surface area contributed by atoms with Crippen molar-refractivity contribution in [2.24, 2.45) is 5.10 Å². The van der Waals surface area contributed by atoms with Crippen molar-refractivity contribution in [2.45, 2.75) is 52.1 Å². The van der Waals surface area contributed by atoms with Crippen LogP contribution in [0, 0.1) is 0 Å². The van der Waals surface area contributed by atoms with E-state index in [1.54, 1.807) is 12.3 Å². The highest BCUT2D eigenvalue weighted by Gasteiger charge is 2.22. The van der Waals surface area contributed by atoms with Gasteiger partial charge in [-0.3, -0.25) is 5.01 Å².